The number of nitrogens with zero attached hydrogens (tertiary/aromatic N) is 2. The molecule has 0 unspecified atom stereocenters. The van der Waals surface area contributed by atoms with Gasteiger partial charge in [0.1, 0.15) is 25.6 Å². The van der Waals surface area contributed by atoms with Gasteiger partial charge < -0.3 is 33.6 Å². The Balaban J connectivity index is 0.00000272. The Morgan fingerprint density at radius 2 is 1.39 bits per heavy atom. The highest BCUT2D eigenvalue weighted by molar-refractivity contribution is 6.02. The van der Waals surface area contributed by atoms with E-state index < -0.39 is 0 Å². The fraction of sp³-hybridized carbons (Fsp3) is 0.148. The number of benzene rings is 2. The third-order valence-corrected chi connectivity index (χ3v) is 5.24. The molecular weight excluding hydrogens is 495 g/mol. The molecule has 0 atom stereocenters. The molecule has 2 aromatic carbocycles. The van der Waals surface area contributed by atoms with Crippen molar-refractivity contribution in [3.8, 4) is 0 Å². The fourth-order valence-corrected chi connectivity index (χ4v) is 3.43. The maximum absolute atomic E-state index is 6.35. The summed E-state index contributed by atoms with van der Waals surface area (Å²) in [6.07, 6.45) is 12.7. The second kappa shape index (κ2) is 9.96. The number of hydrogen-bond donors (Lipinski definition) is 0. The largest absolute Gasteiger partial charge is 1.00 e. The summed E-state index contributed by atoms with van der Waals surface area (Å²) in [5, 5.41) is 0. The Bertz CT molecular complexity index is 1110. The lowest BCUT2D eigenvalue weighted by Gasteiger charge is -2.20. The van der Waals surface area contributed by atoms with Crippen LogP contribution >= 0.6 is 0 Å². The van der Waals surface area contributed by atoms with E-state index in [-0.39, 0.29) is 24.0 Å². The number of ether oxygens (including phenoxy) is 1. The van der Waals surface area contributed by atoms with Crippen molar-refractivity contribution in [2.24, 2.45) is 0 Å². The lowest BCUT2D eigenvalue weighted by Crippen LogP contribution is -3.00. The van der Waals surface area contributed by atoms with Crippen LogP contribution in [-0.4, -0.2) is 38.5 Å². The minimum Gasteiger partial charge on any atom is -1.00 e. The van der Waals surface area contributed by atoms with Crippen molar-refractivity contribution in [1.29, 1.82) is 0 Å². The normalized spacial score (nSPS) is 15.0. The molecule has 0 radical (unpaired) electrons. The Hall–Kier alpha value is -2.86. The van der Waals surface area contributed by atoms with E-state index >= 15 is 0 Å². The first-order valence-electron chi connectivity index (χ1n) is 10.1. The predicted octanol–water partition coefficient (Wildman–Crippen LogP) is 2.30. The monoisotopic (exact) mass is 522 g/mol. The molecule has 2 aromatic rings. The first-order chi connectivity index (χ1) is 14.5. The van der Waals surface area contributed by atoms with E-state index in [1.54, 1.807) is 0 Å². The summed E-state index contributed by atoms with van der Waals surface area (Å²) in [5.41, 5.74) is 6.77. The van der Waals surface area contributed by atoms with Crippen LogP contribution in [-0.2, 0) is 4.74 Å². The molecular formula is C27H27IN2O. The molecule has 0 amide bonds. The van der Waals surface area contributed by atoms with Gasteiger partial charge >= 0.3 is 0 Å². The molecule has 1 aliphatic carbocycles. The average molecular weight is 522 g/mol. The van der Waals surface area contributed by atoms with E-state index in [0.29, 0.717) is 0 Å². The number of allylic oxidation sites excluding steroid dienone is 8. The molecule has 1 aliphatic heterocycles. The zero-order valence-corrected chi connectivity index (χ0v) is 20.5. The van der Waals surface area contributed by atoms with Crippen molar-refractivity contribution in [3.63, 3.8) is 0 Å². The smallest absolute Gasteiger partial charge is 0.199 e. The molecule has 0 fully saturated rings. The number of halogens is 1. The third-order valence-electron chi connectivity index (χ3n) is 5.24. The Labute approximate surface area is 202 Å². The fourth-order valence-electron chi connectivity index (χ4n) is 3.43. The minimum absolute atomic E-state index is 0. The molecule has 0 spiro atoms. The van der Waals surface area contributed by atoms with Crippen LogP contribution in [0.5, 0.6) is 0 Å². The molecule has 0 saturated carbocycles. The Kier molecular flexibility index (Phi) is 7.33. The molecule has 0 bridgehead atoms. The second-order valence-corrected chi connectivity index (χ2v) is 7.82. The number of hydrogen-bond acceptors (Lipinski definition) is 2. The van der Waals surface area contributed by atoms with Crippen LogP contribution in [0.15, 0.2) is 102 Å². The van der Waals surface area contributed by atoms with Gasteiger partial charge in [-0.15, -0.1) is 0 Å². The lowest BCUT2D eigenvalue weighted by atomic mass is 9.98. The van der Waals surface area contributed by atoms with Gasteiger partial charge in [0, 0.05) is 43.1 Å². The van der Waals surface area contributed by atoms with Crippen LogP contribution in [0.1, 0.15) is 11.1 Å². The van der Waals surface area contributed by atoms with E-state index in [1.165, 1.54) is 11.3 Å². The van der Waals surface area contributed by atoms with Gasteiger partial charge in [0.15, 0.2) is 5.71 Å². The van der Waals surface area contributed by atoms with Crippen molar-refractivity contribution in [2.75, 3.05) is 33.1 Å². The topological polar surface area (TPSA) is 15.5 Å². The molecule has 0 aromatic heterocycles. The Morgan fingerprint density at radius 1 is 0.742 bits per heavy atom. The van der Waals surface area contributed by atoms with Gasteiger partial charge in [-0.05, 0) is 47.6 Å². The van der Waals surface area contributed by atoms with E-state index in [1.807, 2.05) is 32.3 Å². The highest BCUT2D eigenvalue weighted by Crippen LogP contribution is 2.34. The standard InChI is InChI=1S/C27H27N2O.HI/c1-28(2)24-14-10-20(11-15-24)23-18-26(21-8-6-5-7-9-21)30-27(19-23)22-12-16-25(17-13-22)29(3)4;/h5-19H,1-4H3;1H/q+1;/p-1. The van der Waals surface area contributed by atoms with Gasteiger partial charge in [-0.3, -0.25) is 0 Å². The van der Waals surface area contributed by atoms with Gasteiger partial charge in [0.2, 0.25) is 0 Å². The first kappa shape index (κ1) is 22.8. The average Bonchev–Trinajstić information content (AvgIpc) is 2.79. The van der Waals surface area contributed by atoms with E-state index in [9.17, 15) is 0 Å². The highest BCUT2D eigenvalue weighted by Gasteiger charge is 2.17. The first-order valence-corrected chi connectivity index (χ1v) is 10.1. The molecule has 0 saturated heterocycles. The third kappa shape index (κ3) is 5.25. The van der Waals surface area contributed by atoms with Gasteiger partial charge in [-0.1, -0.05) is 42.5 Å². The summed E-state index contributed by atoms with van der Waals surface area (Å²) in [4.78, 5) is 2.11. The van der Waals surface area contributed by atoms with E-state index in [0.717, 1.165) is 33.9 Å². The summed E-state index contributed by atoms with van der Waals surface area (Å²) in [6.45, 7) is 0. The maximum atomic E-state index is 6.35. The van der Waals surface area contributed by atoms with Crippen molar-refractivity contribution in [2.45, 2.75) is 0 Å². The van der Waals surface area contributed by atoms with Crippen LogP contribution in [0.4, 0.5) is 5.69 Å². The molecule has 4 heteroatoms. The zero-order valence-electron chi connectivity index (χ0n) is 18.3. The van der Waals surface area contributed by atoms with E-state index in [2.05, 4.69) is 96.4 Å². The van der Waals surface area contributed by atoms with Crippen LogP contribution in [0.25, 0.3) is 11.3 Å². The van der Waals surface area contributed by atoms with Crippen molar-refractivity contribution < 1.29 is 33.3 Å². The number of rotatable bonds is 3. The number of anilines is 1. The highest BCUT2D eigenvalue weighted by atomic mass is 127. The molecule has 31 heavy (non-hydrogen) atoms. The molecule has 2 aliphatic rings. The Morgan fingerprint density at radius 3 is 1.97 bits per heavy atom. The van der Waals surface area contributed by atoms with Gasteiger partial charge in [0.25, 0.3) is 0 Å². The summed E-state index contributed by atoms with van der Waals surface area (Å²) in [7, 11) is 8.20. The van der Waals surface area contributed by atoms with Crippen LogP contribution in [0.2, 0.25) is 0 Å². The second-order valence-electron chi connectivity index (χ2n) is 7.82. The summed E-state index contributed by atoms with van der Waals surface area (Å²) >= 11 is 0. The summed E-state index contributed by atoms with van der Waals surface area (Å²) < 4.78 is 8.45. The molecule has 158 valence electrons. The van der Waals surface area contributed by atoms with Crippen LogP contribution in [0, 0.1) is 0 Å². The SMILES string of the molecule is CN(C)c1ccc(C2=CC(=C3C=CC(=[N+](C)C)C=C3)OC(c3ccccc3)=C2)cc1.[I-]. The summed E-state index contributed by atoms with van der Waals surface area (Å²) in [6, 6.07) is 18.9. The van der Waals surface area contributed by atoms with Crippen LogP contribution in [0.3, 0.4) is 0 Å². The molecule has 1 heterocycles. The molecule has 0 N–H and O–H groups in total. The maximum Gasteiger partial charge on any atom is 0.199 e. The lowest BCUT2D eigenvalue weighted by molar-refractivity contribution is -0.462. The quantitative estimate of drug-likeness (QED) is 0.455. The minimum atomic E-state index is 0. The van der Waals surface area contributed by atoms with Crippen molar-refractivity contribution in [1.82, 2.24) is 0 Å². The predicted molar refractivity (Wildman–Crippen MR) is 127 cm³/mol. The summed E-state index contributed by atoms with van der Waals surface area (Å²) in [5.74, 6) is 1.71. The van der Waals surface area contributed by atoms with Crippen molar-refractivity contribution >= 4 is 22.7 Å². The zero-order chi connectivity index (χ0) is 21.1. The molecule has 4 rings (SSSR count). The van der Waals surface area contributed by atoms with Gasteiger partial charge in [-0.25, -0.2) is 4.58 Å². The van der Waals surface area contributed by atoms with Crippen LogP contribution < -0.4 is 28.9 Å². The molecule has 3 nitrogen and oxygen atoms in total. The van der Waals surface area contributed by atoms with Gasteiger partial charge in [0.05, 0.1) is 0 Å². The van der Waals surface area contributed by atoms with Crippen molar-refractivity contribution in [3.05, 3.63) is 114 Å². The van der Waals surface area contributed by atoms with Gasteiger partial charge in [-0.2, -0.15) is 0 Å². The van der Waals surface area contributed by atoms with E-state index in [4.69, 9.17) is 4.74 Å².